The van der Waals surface area contributed by atoms with E-state index in [2.05, 4.69) is 4.74 Å². The number of carbonyl (C=O) groups is 1. The molecule has 0 aromatic rings. The molecule has 1 fully saturated rings. The molecule has 13 heavy (non-hydrogen) atoms. The van der Waals surface area contributed by atoms with Crippen LogP contribution in [0.25, 0.3) is 0 Å². The zero-order chi connectivity index (χ0) is 9.84. The molecular weight excluding hydrogens is 174 g/mol. The van der Waals surface area contributed by atoms with Crippen LogP contribution in [0.5, 0.6) is 0 Å². The molecule has 5 heteroatoms. The van der Waals surface area contributed by atoms with E-state index >= 15 is 0 Å². The second kappa shape index (κ2) is 4.20. The maximum absolute atomic E-state index is 11.1. The van der Waals surface area contributed by atoms with Gasteiger partial charge in [-0.1, -0.05) is 12.8 Å². The van der Waals surface area contributed by atoms with E-state index in [0.717, 1.165) is 12.8 Å². The molecule has 1 unspecified atom stereocenters. The lowest BCUT2D eigenvalue weighted by atomic mass is 10.0. The third kappa shape index (κ3) is 3.40. The molecule has 1 aliphatic carbocycles. The average molecular weight is 187 g/mol. The zero-order valence-electron chi connectivity index (χ0n) is 7.56. The van der Waals surface area contributed by atoms with Gasteiger partial charge in [-0.2, -0.15) is 0 Å². The zero-order valence-corrected chi connectivity index (χ0v) is 7.56. The van der Waals surface area contributed by atoms with Gasteiger partial charge >= 0.3 is 5.97 Å². The summed E-state index contributed by atoms with van der Waals surface area (Å²) in [5.41, 5.74) is 0. The smallest absolute Gasteiger partial charge is 0.315 e. The van der Waals surface area contributed by atoms with Crippen molar-refractivity contribution in [3.05, 3.63) is 10.1 Å². The fourth-order valence-corrected chi connectivity index (χ4v) is 1.35. The third-order valence-corrected chi connectivity index (χ3v) is 2.22. The van der Waals surface area contributed by atoms with Crippen LogP contribution in [0.4, 0.5) is 0 Å². The van der Waals surface area contributed by atoms with Crippen LogP contribution >= 0.6 is 0 Å². The molecular formula is C8H13NO4. The van der Waals surface area contributed by atoms with Crippen molar-refractivity contribution in [3.63, 3.8) is 0 Å². The van der Waals surface area contributed by atoms with Crippen molar-refractivity contribution >= 4 is 5.97 Å². The van der Waals surface area contributed by atoms with Gasteiger partial charge in [-0.05, 0) is 12.3 Å². The van der Waals surface area contributed by atoms with Crippen LogP contribution < -0.4 is 0 Å². The molecule has 0 bridgehead atoms. The minimum absolute atomic E-state index is 0.302. The van der Waals surface area contributed by atoms with Crippen LogP contribution in [0, 0.1) is 22.0 Å². The highest BCUT2D eigenvalue weighted by Gasteiger charge is 2.32. The number of ether oxygens (including phenoxy) is 1. The van der Waals surface area contributed by atoms with E-state index in [4.69, 9.17) is 0 Å². The fourth-order valence-electron chi connectivity index (χ4n) is 1.35. The van der Waals surface area contributed by atoms with Crippen molar-refractivity contribution in [1.82, 2.24) is 0 Å². The molecule has 0 amide bonds. The predicted octanol–water partition coefficient (Wildman–Crippen LogP) is 0.852. The van der Waals surface area contributed by atoms with Gasteiger partial charge < -0.3 is 4.74 Å². The van der Waals surface area contributed by atoms with E-state index in [9.17, 15) is 14.9 Å². The molecule has 74 valence electrons. The molecule has 0 aromatic carbocycles. The van der Waals surface area contributed by atoms with Crippen LogP contribution in [-0.2, 0) is 9.53 Å². The Morgan fingerprint density at radius 3 is 2.69 bits per heavy atom. The van der Waals surface area contributed by atoms with E-state index in [-0.39, 0.29) is 6.54 Å². The summed E-state index contributed by atoms with van der Waals surface area (Å²) in [6, 6.07) is 0. The standard InChI is InChI=1S/C8H13NO4/c1-13-8(10)7(5-9(11)12)4-6-2-3-6/h6-7H,2-5H2,1H3. The molecule has 0 aliphatic heterocycles. The van der Waals surface area contributed by atoms with Gasteiger partial charge in [0.15, 0.2) is 0 Å². The SMILES string of the molecule is COC(=O)C(CC1CC1)C[N+](=O)[O-]. The average Bonchev–Trinajstić information content (AvgIpc) is 2.85. The molecule has 0 aromatic heterocycles. The molecule has 1 rings (SSSR count). The van der Waals surface area contributed by atoms with Crippen molar-refractivity contribution in [3.8, 4) is 0 Å². The number of nitrogens with zero attached hydrogens (tertiary/aromatic N) is 1. The molecule has 1 aliphatic rings. The molecule has 1 atom stereocenters. The van der Waals surface area contributed by atoms with Crippen LogP contribution in [-0.4, -0.2) is 24.5 Å². The lowest BCUT2D eigenvalue weighted by Crippen LogP contribution is -2.24. The Morgan fingerprint density at radius 2 is 2.31 bits per heavy atom. The molecule has 0 heterocycles. The second-order valence-electron chi connectivity index (χ2n) is 3.41. The van der Waals surface area contributed by atoms with E-state index in [0.29, 0.717) is 12.3 Å². The van der Waals surface area contributed by atoms with Crippen molar-refractivity contribution in [2.24, 2.45) is 11.8 Å². The van der Waals surface area contributed by atoms with Gasteiger partial charge in [0.1, 0.15) is 5.92 Å². The first-order valence-electron chi connectivity index (χ1n) is 4.33. The Morgan fingerprint density at radius 1 is 1.69 bits per heavy atom. The lowest BCUT2D eigenvalue weighted by molar-refractivity contribution is -0.486. The molecule has 0 radical (unpaired) electrons. The minimum Gasteiger partial charge on any atom is -0.469 e. The van der Waals surface area contributed by atoms with Gasteiger partial charge in [-0.3, -0.25) is 14.9 Å². The summed E-state index contributed by atoms with van der Waals surface area (Å²) in [4.78, 5) is 20.9. The van der Waals surface area contributed by atoms with Crippen molar-refractivity contribution in [2.45, 2.75) is 19.3 Å². The summed E-state index contributed by atoms with van der Waals surface area (Å²) >= 11 is 0. The third-order valence-electron chi connectivity index (χ3n) is 2.22. The van der Waals surface area contributed by atoms with Gasteiger partial charge in [0.05, 0.1) is 7.11 Å². The van der Waals surface area contributed by atoms with Crippen molar-refractivity contribution < 1.29 is 14.5 Å². The number of rotatable bonds is 5. The summed E-state index contributed by atoms with van der Waals surface area (Å²) in [5, 5.41) is 10.2. The minimum atomic E-state index is -0.549. The number of nitro groups is 1. The maximum atomic E-state index is 11.1. The second-order valence-corrected chi connectivity index (χ2v) is 3.41. The molecule has 0 spiro atoms. The van der Waals surface area contributed by atoms with Crippen LogP contribution in [0.15, 0.2) is 0 Å². The lowest BCUT2D eigenvalue weighted by Gasteiger charge is -2.08. The van der Waals surface area contributed by atoms with E-state index < -0.39 is 16.8 Å². The molecule has 0 saturated heterocycles. The summed E-state index contributed by atoms with van der Waals surface area (Å²) < 4.78 is 4.50. The highest BCUT2D eigenvalue weighted by molar-refractivity contribution is 5.72. The summed E-state index contributed by atoms with van der Waals surface area (Å²) in [6.45, 7) is -0.302. The molecule has 0 N–H and O–H groups in total. The van der Waals surface area contributed by atoms with Gasteiger partial charge in [-0.25, -0.2) is 0 Å². The Balaban J connectivity index is 2.41. The first-order chi connectivity index (χ1) is 6.13. The number of hydrogen-bond donors (Lipinski definition) is 0. The normalized spacial score (nSPS) is 17.9. The Hall–Kier alpha value is -1.13. The maximum Gasteiger partial charge on any atom is 0.315 e. The quantitative estimate of drug-likeness (QED) is 0.363. The van der Waals surface area contributed by atoms with Gasteiger partial charge in [0.2, 0.25) is 6.54 Å². The van der Waals surface area contributed by atoms with Gasteiger partial charge in [0.25, 0.3) is 0 Å². The van der Waals surface area contributed by atoms with Crippen molar-refractivity contribution in [1.29, 1.82) is 0 Å². The highest BCUT2D eigenvalue weighted by atomic mass is 16.6. The Labute approximate surface area is 76.2 Å². The van der Waals surface area contributed by atoms with Crippen LogP contribution in [0.2, 0.25) is 0 Å². The van der Waals surface area contributed by atoms with Crippen LogP contribution in [0.1, 0.15) is 19.3 Å². The highest BCUT2D eigenvalue weighted by Crippen LogP contribution is 2.35. The number of esters is 1. The first-order valence-corrected chi connectivity index (χ1v) is 4.33. The van der Waals surface area contributed by atoms with Gasteiger partial charge in [-0.15, -0.1) is 0 Å². The van der Waals surface area contributed by atoms with E-state index in [1.807, 2.05) is 0 Å². The number of hydrogen-bond acceptors (Lipinski definition) is 4. The van der Waals surface area contributed by atoms with Gasteiger partial charge in [0, 0.05) is 4.92 Å². The van der Waals surface area contributed by atoms with E-state index in [1.54, 1.807) is 0 Å². The van der Waals surface area contributed by atoms with Crippen LogP contribution in [0.3, 0.4) is 0 Å². The van der Waals surface area contributed by atoms with Crippen molar-refractivity contribution in [2.75, 3.05) is 13.7 Å². The fraction of sp³-hybridized carbons (Fsp3) is 0.875. The molecule has 1 saturated carbocycles. The Bertz CT molecular complexity index is 212. The topological polar surface area (TPSA) is 69.4 Å². The Kier molecular flexibility index (Phi) is 3.22. The van der Waals surface area contributed by atoms with E-state index in [1.165, 1.54) is 7.11 Å². The number of methoxy groups -OCH3 is 1. The predicted molar refractivity (Wildman–Crippen MR) is 44.7 cm³/mol. The summed E-state index contributed by atoms with van der Waals surface area (Å²) in [6.07, 6.45) is 2.78. The largest absolute Gasteiger partial charge is 0.469 e. The molecule has 5 nitrogen and oxygen atoms in total. The summed E-state index contributed by atoms with van der Waals surface area (Å²) in [7, 11) is 1.27. The number of carbonyl (C=O) groups excluding carboxylic acids is 1. The first kappa shape index (κ1) is 9.95. The monoisotopic (exact) mass is 187 g/mol. The summed E-state index contributed by atoms with van der Waals surface area (Å²) in [5.74, 6) is -0.500.